The van der Waals surface area contributed by atoms with E-state index >= 15 is 0 Å². The first-order valence-electron chi connectivity index (χ1n) is 10.9. The number of aromatic nitrogens is 2. The minimum Gasteiger partial charge on any atom is -0.454 e. The van der Waals surface area contributed by atoms with E-state index < -0.39 is 0 Å². The summed E-state index contributed by atoms with van der Waals surface area (Å²) in [5.41, 5.74) is 9.95. The van der Waals surface area contributed by atoms with Crippen LogP contribution in [0, 0.1) is 13.8 Å². The molecule has 2 N–H and O–H groups in total. The summed E-state index contributed by atoms with van der Waals surface area (Å²) in [5.74, 6) is 3.33. The van der Waals surface area contributed by atoms with Crippen molar-refractivity contribution in [1.29, 1.82) is 0 Å². The molecular formula is C24H26ClN5O3. The Morgan fingerprint density at radius 2 is 1.73 bits per heavy atom. The van der Waals surface area contributed by atoms with Crippen LogP contribution >= 0.6 is 11.6 Å². The summed E-state index contributed by atoms with van der Waals surface area (Å²) >= 11 is 6.27. The number of benzene rings is 2. The number of nitrogen functional groups attached to an aromatic ring is 1. The van der Waals surface area contributed by atoms with Crippen molar-refractivity contribution >= 4 is 23.1 Å². The Hall–Kier alpha value is -3.23. The van der Waals surface area contributed by atoms with Crippen LogP contribution in [-0.2, 0) is 6.54 Å². The van der Waals surface area contributed by atoms with Crippen molar-refractivity contribution in [1.82, 2.24) is 14.9 Å². The zero-order chi connectivity index (χ0) is 22.9. The summed E-state index contributed by atoms with van der Waals surface area (Å²) in [6.07, 6.45) is 1.50. The van der Waals surface area contributed by atoms with Crippen LogP contribution < -0.4 is 24.8 Å². The Kier molecular flexibility index (Phi) is 5.86. The van der Waals surface area contributed by atoms with E-state index in [9.17, 15) is 0 Å². The zero-order valence-corrected chi connectivity index (χ0v) is 19.4. The fraction of sp³-hybridized carbons (Fsp3) is 0.333. The van der Waals surface area contributed by atoms with E-state index in [-0.39, 0.29) is 0 Å². The van der Waals surface area contributed by atoms with Gasteiger partial charge < -0.3 is 24.8 Å². The molecule has 172 valence electrons. The van der Waals surface area contributed by atoms with Gasteiger partial charge in [-0.1, -0.05) is 17.7 Å². The van der Waals surface area contributed by atoms with E-state index in [1.54, 1.807) is 0 Å². The molecule has 0 aliphatic carbocycles. The first kappa shape index (κ1) is 21.6. The number of ether oxygens (including phenoxy) is 3. The highest BCUT2D eigenvalue weighted by atomic mass is 35.5. The number of piperazine rings is 1. The summed E-state index contributed by atoms with van der Waals surface area (Å²) in [4.78, 5) is 13.3. The van der Waals surface area contributed by atoms with Crippen LogP contribution in [-0.4, -0.2) is 47.8 Å². The highest BCUT2D eigenvalue weighted by molar-refractivity contribution is 6.32. The molecule has 3 heterocycles. The molecule has 0 unspecified atom stereocenters. The highest BCUT2D eigenvalue weighted by Crippen LogP contribution is 2.35. The molecule has 33 heavy (non-hydrogen) atoms. The Morgan fingerprint density at radius 1 is 1.00 bits per heavy atom. The van der Waals surface area contributed by atoms with E-state index in [0.29, 0.717) is 29.9 Å². The van der Waals surface area contributed by atoms with Gasteiger partial charge in [-0.15, -0.1) is 0 Å². The van der Waals surface area contributed by atoms with Gasteiger partial charge in [0.25, 0.3) is 0 Å². The number of hydrogen-bond acceptors (Lipinski definition) is 8. The monoisotopic (exact) mass is 467 g/mol. The number of anilines is 2. The second kappa shape index (κ2) is 8.96. The first-order valence-corrected chi connectivity index (χ1v) is 11.3. The van der Waals surface area contributed by atoms with E-state index in [1.165, 1.54) is 11.9 Å². The third kappa shape index (κ3) is 4.49. The molecular weight excluding hydrogens is 442 g/mol. The van der Waals surface area contributed by atoms with Gasteiger partial charge in [-0.05, 0) is 54.8 Å². The van der Waals surface area contributed by atoms with E-state index in [0.717, 1.165) is 60.4 Å². The van der Waals surface area contributed by atoms with Crippen LogP contribution in [0.25, 0.3) is 0 Å². The molecule has 9 heteroatoms. The molecule has 2 aromatic carbocycles. The van der Waals surface area contributed by atoms with Gasteiger partial charge in [0, 0.05) is 37.7 Å². The second-order valence-electron chi connectivity index (χ2n) is 8.34. The summed E-state index contributed by atoms with van der Waals surface area (Å²) in [6, 6.07) is 9.88. The number of hydrogen-bond donors (Lipinski definition) is 1. The van der Waals surface area contributed by atoms with E-state index in [2.05, 4.69) is 31.9 Å². The lowest BCUT2D eigenvalue weighted by molar-refractivity contribution is 0.174. The summed E-state index contributed by atoms with van der Waals surface area (Å²) in [5, 5.41) is 0.734. The molecule has 1 fully saturated rings. The summed E-state index contributed by atoms with van der Waals surface area (Å²) in [6.45, 7) is 8.44. The number of rotatable bonds is 5. The molecule has 2 aliphatic heterocycles. The number of aryl methyl sites for hydroxylation is 2. The quantitative estimate of drug-likeness (QED) is 0.598. The predicted octanol–water partition coefficient (Wildman–Crippen LogP) is 4.17. The number of fused-ring (bicyclic) bond motifs is 1. The molecule has 1 saturated heterocycles. The van der Waals surface area contributed by atoms with Gasteiger partial charge in [-0.25, -0.2) is 4.98 Å². The molecule has 8 nitrogen and oxygen atoms in total. The van der Waals surface area contributed by atoms with Gasteiger partial charge in [0.1, 0.15) is 17.8 Å². The van der Waals surface area contributed by atoms with E-state index in [1.807, 2.05) is 32.0 Å². The van der Waals surface area contributed by atoms with Crippen molar-refractivity contribution in [2.45, 2.75) is 20.4 Å². The van der Waals surface area contributed by atoms with Crippen LogP contribution in [0.1, 0.15) is 16.7 Å². The summed E-state index contributed by atoms with van der Waals surface area (Å²) < 4.78 is 16.9. The molecule has 1 aromatic heterocycles. The molecule has 0 saturated carbocycles. The van der Waals surface area contributed by atoms with Crippen molar-refractivity contribution in [3.63, 3.8) is 0 Å². The van der Waals surface area contributed by atoms with Crippen LogP contribution in [0.4, 0.5) is 11.5 Å². The van der Waals surface area contributed by atoms with Crippen LogP contribution in [0.15, 0.2) is 36.7 Å². The minimum absolute atomic E-state index is 0.292. The molecule has 3 aromatic rings. The van der Waals surface area contributed by atoms with Crippen LogP contribution in [0.5, 0.6) is 23.1 Å². The standard InChI is InChI=1S/C24H26ClN5O3/c1-15-9-18(10-16(2)21(15)25)33-24-22(26)23(27-13-28-24)30-7-5-29(6-8-30)12-17-3-4-19-20(11-17)32-14-31-19/h3-4,9-11,13H,5-8,12,14,26H2,1-2H3. The maximum Gasteiger partial charge on any atom is 0.248 e. The van der Waals surface area contributed by atoms with Crippen molar-refractivity contribution in [2.75, 3.05) is 43.6 Å². The van der Waals surface area contributed by atoms with Gasteiger partial charge in [-0.3, -0.25) is 4.90 Å². The molecule has 5 rings (SSSR count). The smallest absolute Gasteiger partial charge is 0.248 e. The van der Waals surface area contributed by atoms with Crippen molar-refractivity contribution in [2.24, 2.45) is 0 Å². The molecule has 2 aliphatic rings. The molecule has 0 atom stereocenters. The Morgan fingerprint density at radius 3 is 2.48 bits per heavy atom. The lowest BCUT2D eigenvalue weighted by Crippen LogP contribution is -2.46. The average molecular weight is 468 g/mol. The summed E-state index contributed by atoms with van der Waals surface area (Å²) in [7, 11) is 0. The van der Waals surface area contributed by atoms with Gasteiger partial charge in [0.15, 0.2) is 17.3 Å². The van der Waals surface area contributed by atoms with Crippen molar-refractivity contribution in [3.8, 4) is 23.1 Å². The highest BCUT2D eigenvalue weighted by Gasteiger charge is 2.23. The minimum atomic E-state index is 0.292. The van der Waals surface area contributed by atoms with Gasteiger partial charge in [0.05, 0.1) is 0 Å². The maximum absolute atomic E-state index is 6.42. The molecule has 0 bridgehead atoms. The molecule has 0 spiro atoms. The van der Waals surface area contributed by atoms with Gasteiger partial charge >= 0.3 is 0 Å². The van der Waals surface area contributed by atoms with Crippen LogP contribution in [0.3, 0.4) is 0 Å². The Balaban J connectivity index is 1.24. The number of halogens is 1. The first-order chi connectivity index (χ1) is 16.0. The normalized spacial score (nSPS) is 15.7. The second-order valence-corrected chi connectivity index (χ2v) is 8.72. The largest absolute Gasteiger partial charge is 0.454 e. The SMILES string of the molecule is Cc1cc(Oc2ncnc(N3CCN(Cc4ccc5c(c4)OCO5)CC3)c2N)cc(C)c1Cl. The van der Waals surface area contributed by atoms with Gasteiger partial charge in [-0.2, -0.15) is 4.98 Å². The van der Waals surface area contributed by atoms with Gasteiger partial charge in [0.2, 0.25) is 12.7 Å². The molecule has 0 radical (unpaired) electrons. The third-order valence-corrected chi connectivity index (χ3v) is 6.56. The maximum atomic E-state index is 6.42. The third-order valence-electron chi connectivity index (χ3n) is 5.97. The number of nitrogens with zero attached hydrogens (tertiary/aromatic N) is 4. The average Bonchev–Trinajstić information content (AvgIpc) is 3.27. The lowest BCUT2D eigenvalue weighted by atomic mass is 10.1. The zero-order valence-electron chi connectivity index (χ0n) is 18.7. The molecule has 0 amide bonds. The van der Waals surface area contributed by atoms with Crippen molar-refractivity contribution < 1.29 is 14.2 Å². The predicted molar refractivity (Wildman–Crippen MR) is 127 cm³/mol. The Bertz CT molecular complexity index is 1160. The topological polar surface area (TPSA) is 86.0 Å². The fourth-order valence-electron chi connectivity index (χ4n) is 4.20. The van der Waals surface area contributed by atoms with E-state index in [4.69, 9.17) is 31.5 Å². The Labute approximate surface area is 197 Å². The van der Waals surface area contributed by atoms with Crippen molar-refractivity contribution in [3.05, 3.63) is 58.4 Å². The number of nitrogens with two attached hydrogens (primary N) is 1. The lowest BCUT2D eigenvalue weighted by Gasteiger charge is -2.35. The fourth-order valence-corrected chi connectivity index (χ4v) is 4.31. The van der Waals surface area contributed by atoms with Crippen LogP contribution in [0.2, 0.25) is 5.02 Å².